The van der Waals surface area contributed by atoms with E-state index in [1.165, 1.54) is 0 Å². The minimum atomic E-state index is 0.432. The van der Waals surface area contributed by atoms with Crippen molar-refractivity contribution < 1.29 is 4.52 Å². The van der Waals surface area contributed by atoms with Crippen molar-refractivity contribution in [3.8, 4) is 11.5 Å². The minimum Gasteiger partial charge on any atom is -0.333 e. The summed E-state index contributed by atoms with van der Waals surface area (Å²) >= 11 is 3.12. The Hall–Kier alpha value is -1.30. The molecule has 2 aromatic heterocycles. The van der Waals surface area contributed by atoms with Crippen LogP contribution in [-0.2, 0) is 0 Å². The van der Waals surface area contributed by atoms with E-state index in [2.05, 4.69) is 36.3 Å². The van der Waals surface area contributed by atoms with Crippen LogP contribution in [0.15, 0.2) is 15.3 Å². The van der Waals surface area contributed by atoms with Gasteiger partial charge >= 0.3 is 0 Å². The highest BCUT2D eigenvalue weighted by Crippen LogP contribution is 2.21. The number of aromatic nitrogens is 4. The highest BCUT2D eigenvalue weighted by Gasteiger charge is 2.11. The topological polar surface area (TPSA) is 64.7 Å². The Balaban J connectivity index is 2.55. The zero-order chi connectivity index (χ0) is 10.1. The maximum absolute atomic E-state index is 5.01. The predicted octanol–water partition coefficient (Wildman–Crippen LogP) is 1.91. The summed E-state index contributed by atoms with van der Waals surface area (Å²) in [6.45, 7) is 3.71. The van der Waals surface area contributed by atoms with Gasteiger partial charge in [-0.3, -0.25) is 0 Å². The lowest BCUT2D eigenvalue weighted by Gasteiger charge is -1.98. The van der Waals surface area contributed by atoms with Crippen LogP contribution in [0.25, 0.3) is 11.5 Å². The van der Waals surface area contributed by atoms with Gasteiger partial charge in [0.1, 0.15) is 0 Å². The molecule has 0 aromatic carbocycles. The summed E-state index contributed by atoms with van der Waals surface area (Å²) in [6.07, 6.45) is 0. The molecule has 0 aliphatic rings. The second-order valence-electron chi connectivity index (χ2n) is 2.85. The molecule has 0 radical (unpaired) electrons. The van der Waals surface area contributed by atoms with Gasteiger partial charge in [-0.25, -0.2) is 0 Å². The molecule has 5 nitrogen and oxygen atoms in total. The normalized spacial score (nSPS) is 10.5. The summed E-state index contributed by atoms with van der Waals surface area (Å²) in [5.74, 6) is 0.451. The van der Waals surface area contributed by atoms with Crippen LogP contribution in [0.2, 0.25) is 0 Å². The monoisotopic (exact) mass is 254 g/mol. The van der Waals surface area contributed by atoms with Crippen LogP contribution in [0.3, 0.4) is 0 Å². The zero-order valence-corrected chi connectivity index (χ0v) is 9.24. The predicted molar refractivity (Wildman–Crippen MR) is 52.5 cm³/mol. The lowest BCUT2D eigenvalue weighted by Crippen LogP contribution is -1.93. The molecule has 2 rings (SSSR count). The molecule has 0 saturated heterocycles. The molecular weight excluding hydrogens is 248 g/mol. The molecule has 2 heterocycles. The molecule has 0 aliphatic heterocycles. The molecular formula is C8H7BrN4O. The largest absolute Gasteiger partial charge is 0.333 e. The van der Waals surface area contributed by atoms with Crippen molar-refractivity contribution in [1.82, 2.24) is 20.3 Å². The quantitative estimate of drug-likeness (QED) is 0.778. The summed E-state index contributed by atoms with van der Waals surface area (Å²) < 4.78 is 5.44. The first-order valence-electron chi connectivity index (χ1n) is 3.97. The molecule has 0 amide bonds. The fourth-order valence-electron chi connectivity index (χ4n) is 1.08. The lowest BCUT2D eigenvalue weighted by atomic mass is 10.2. The van der Waals surface area contributed by atoms with E-state index < -0.39 is 0 Å². The summed E-state index contributed by atoms with van der Waals surface area (Å²) in [4.78, 5) is 4.05. The van der Waals surface area contributed by atoms with Gasteiger partial charge in [0.15, 0.2) is 0 Å². The molecule has 0 bridgehead atoms. The van der Waals surface area contributed by atoms with E-state index in [1.54, 1.807) is 0 Å². The van der Waals surface area contributed by atoms with Crippen molar-refractivity contribution >= 4 is 15.9 Å². The van der Waals surface area contributed by atoms with E-state index in [-0.39, 0.29) is 0 Å². The summed E-state index contributed by atoms with van der Waals surface area (Å²) in [5, 5.41) is 11.5. The molecule has 0 fully saturated rings. The average molecular weight is 255 g/mol. The van der Waals surface area contributed by atoms with Crippen LogP contribution in [0.4, 0.5) is 0 Å². The van der Waals surface area contributed by atoms with Crippen LogP contribution in [0.1, 0.15) is 11.4 Å². The van der Waals surface area contributed by atoms with Crippen LogP contribution in [-0.4, -0.2) is 20.3 Å². The summed E-state index contributed by atoms with van der Waals surface area (Å²) in [5.41, 5.74) is 2.40. The molecule has 2 aromatic rings. The number of nitrogens with zero attached hydrogens (tertiary/aromatic N) is 4. The Morgan fingerprint density at radius 3 is 2.71 bits per heavy atom. The molecule has 14 heavy (non-hydrogen) atoms. The van der Waals surface area contributed by atoms with Crippen molar-refractivity contribution in [2.75, 3.05) is 0 Å². The third-order valence-corrected chi connectivity index (χ3v) is 2.05. The van der Waals surface area contributed by atoms with Gasteiger partial charge < -0.3 is 4.52 Å². The number of halogens is 1. The smallest absolute Gasteiger partial charge is 0.260 e. The number of hydrogen-bond donors (Lipinski definition) is 0. The fourth-order valence-corrected chi connectivity index (χ4v) is 1.31. The van der Waals surface area contributed by atoms with E-state index in [4.69, 9.17) is 4.52 Å². The number of rotatable bonds is 1. The van der Waals surface area contributed by atoms with Crippen LogP contribution >= 0.6 is 15.9 Å². The maximum Gasteiger partial charge on any atom is 0.260 e. The minimum absolute atomic E-state index is 0.432. The second kappa shape index (κ2) is 3.45. The molecule has 0 spiro atoms. The van der Waals surface area contributed by atoms with E-state index >= 15 is 0 Å². The van der Waals surface area contributed by atoms with Gasteiger partial charge in [-0.15, -0.1) is 0 Å². The van der Waals surface area contributed by atoms with E-state index in [9.17, 15) is 0 Å². The van der Waals surface area contributed by atoms with Crippen molar-refractivity contribution in [2.24, 2.45) is 0 Å². The molecule has 72 valence electrons. The maximum atomic E-state index is 5.01. The van der Waals surface area contributed by atoms with Gasteiger partial charge in [0.2, 0.25) is 4.73 Å². The van der Waals surface area contributed by atoms with Gasteiger partial charge in [-0.2, -0.15) is 15.2 Å². The van der Waals surface area contributed by atoms with Crippen molar-refractivity contribution in [3.63, 3.8) is 0 Å². The van der Waals surface area contributed by atoms with Gasteiger partial charge in [0.25, 0.3) is 5.89 Å². The van der Waals surface area contributed by atoms with Gasteiger partial charge in [0.05, 0.1) is 17.0 Å². The van der Waals surface area contributed by atoms with Crippen LogP contribution in [0, 0.1) is 13.8 Å². The first-order chi connectivity index (χ1) is 6.66. The van der Waals surface area contributed by atoms with Crippen LogP contribution < -0.4 is 0 Å². The first kappa shape index (κ1) is 9.26. The van der Waals surface area contributed by atoms with Crippen LogP contribution in [0.5, 0.6) is 0 Å². The Morgan fingerprint density at radius 1 is 1.29 bits per heavy atom. The highest BCUT2D eigenvalue weighted by atomic mass is 79.9. The van der Waals surface area contributed by atoms with Gasteiger partial charge in [0, 0.05) is 0 Å². The Labute approximate surface area is 88.7 Å². The summed E-state index contributed by atoms with van der Waals surface area (Å²) in [7, 11) is 0. The highest BCUT2D eigenvalue weighted by molar-refractivity contribution is 9.10. The van der Waals surface area contributed by atoms with E-state index in [1.807, 2.05) is 19.9 Å². The molecule has 0 saturated carbocycles. The third-order valence-electron chi connectivity index (χ3n) is 1.73. The second-order valence-corrected chi connectivity index (χ2v) is 3.56. The fraction of sp³-hybridized carbons (Fsp3) is 0.250. The standard InChI is InChI=1S/C8H7BrN4O/c1-4-3-6(5(2)12-11-4)7-10-8(9)13-14-7/h3H,1-2H3. The first-order valence-corrected chi connectivity index (χ1v) is 4.76. The van der Waals surface area contributed by atoms with Crippen molar-refractivity contribution in [1.29, 1.82) is 0 Å². The SMILES string of the molecule is Cc1cc(-c2nc(Br)no2)c(C)nn1. The molecule has 0 unspecified atom stereocenters. The Kier molecular flexibility index (Phi) is 2.28. The van der Waals surface area contributed by atoms with Gasteiger partial charge in [-0.05, 0) is 41.0 Å². The Bertz CT molecular complexity index is 468. The molecule has 0 N–H and O–H groups in total. The van der Waals surface area contributed by atoms with Crippen molar-refractivity contribution in [3.05, 3.63) is 22.2 Å². The Morgan fingerprint density at radius 2 is 2.07 bits per heavy atom. The number of hydrogen-bond acceptors (Lipinski definition) is 5. The average Bonchev–Trinajstić information content (AvgIpc) is 2.56. The lowest BCUT2D eigenvalue weighted by molar-refractivity contribution is 0.426. The molecule has 0 atom stereocenters. The molecule has 6 heteroatoms. The van der Waals surface area contributed by atoms with Gasteiger partial charge in [-0.1, -0.05) is 0 Å². The van der Waals surface area contributed by atoms with E-state index in [0.717, 1.165) is 17.0 Å². The third kappa shape index (κ3) is 1.65. The van der Waals surface area contributed by atoms with E-state index in [0.29, 0.717) is 10.6 Å². The van der Waals surface area contributed by atoms with Crippen molar-refractivity contribution in [2.45, 2.75) is 13.8 Å². The molecule has 0 aliphatic carbocycles. The summed E-state index contributed by atoms with van der Waals surface area (Å²) in [6, 6.07) is 1.86. The zero-order valence-electron chi connectivity index (χ0n) is 7.65. The number of aryl methyl sites for hydroxylation is 2.